The minimum Gasteiger partial charge on any atom is -0.495 e. The number of rotatable bonds is 3. The van der Waals surface area contributed by atoms with E-state index in [1.807, 2.05) is 24.3 Å². The number of methoxy groups -OCH3 is 1. The molecule has 1 fully saturated rings. The quantitative estimate of drug-likeness (QED) is 0.889. The smallest absolute Gasteiger partial charge is 0.228 e. The van der Waals surface area contributed by atoms with Crippen LogP contribution in [0.4, 0.5) is 5.69 Å². The van der Waals surface area contributed by atoms with Gasteiger partial charge in [-0.25, -0.2) is 0 Å². The SMILES string of the molecule is COc1ccccc1NC(=O)C1C(C)(C)C1(C)C. The molecule has 0 spiro atoms. The summed E-state index contributed by atoms with van der Waals surface area (Å²) in [6.45, 7) is 8.55. The Balaban J connectivity index is 2.14. The van der Waals surface area contributed by atoms with E-state index < -0.39 is 0 Å². The molecule has 1 aromatic rings. The third kappa shape index (κ3) is 1.78. The summed E-state index contributed by atoms with van der Waals surface area (Å²) < 4.78 is 5.24. The number of amides is 1. The molecule has 1 saturated carbocycles. The van der Waals surface area contributed by atoms with Crippen LogP contribution >= 0.6 is 0 Å². The van der Waals surface area contributed by atoms with Crippen molar-refractivity contribution in [1.29, 1.82) is 0 Å². The molecule has 98 valence electrons. The van der Waals surface area contributed by atoms with Gasteiger partial charge in [0.25, 0.3) is 0 Å². The summed E-state index contributed by atoms with van der Waals surface area (Å²) in [4.78, 5) is 12.3. The van der Waals surface area contributed by atoms with E-state index >= 15 is 0 Å². The van der Waals surface area contributed by atoms with Crippen LogP contribution in [0.1, 0.15) is 27.7 Å². The highest BCUT2D eigenvalue weighted by Gasteiger charge is 2.68. The average Bonchev–Trinajstić information content (AvgIpc) is 2.70. The van der Waals surface area contributed by atoms with E-state index in [1.54, 1.807) is 7.11 Å². The molecule has 1 N–H and O–H groups in total. The molecule has 0 radical (unpaired) electrons. The summed E-state index contributed by atoms with van der Waals surface area (Å²) in [7, 11) is 1.61. The summed E-state index contributed by atoms with van der Waals surface area (Å²) in [5.74, 6) is 0.825. The zero-order chi connectivity index (χ0) is 13.6. The maximum Gasteiger partial charge on any atom is 0.228 e. The van der Waals surface area contributed by atoms with Crippen molar-refractivity contribution in [2.24, 2.45) is 16.7 Å². The highest BCUT2D eigenvalue weighted by atomic mass is 16.5. The predicted octanol–water partition coefficient (Wildman–Crippen LogP) is 3.32. The van der Waals surface area contributed by atoms with Gasteiger partial charge in [-0.05, 0) is 23.0 Å². The number of nitrogens with one attached hydrogen (secondary N) is 1. The second-order valence-electron chi connectivity index (χ2n) is 6.07. The van der Waals surface area contributed by atoms with E-state index in [0.29, 0.717) is 5.75 Å². The lowest BCUT2D eigenvalue weighted by Crippen LogP contribution is -2.18. The van der Waals surface area contributed by atoms with Crippen LogP contribution < -0.4 is 10.1 Å². The number of hydrogen-bond acceptors (Lipinski definition) is 2. The minimum atomic E-state index is 0.0508. The Morgan fingerprint density at radius 2 is 1.72 bits per heavy atom. The lowest BCUT2D eigenvalue weighted by atomic mass is 10.0. The van der Waals surface area contributed by atoms with Crippen molar-refractivity contribution >= 4 is 11.6 Å². The van der Waals surface area contributed by atoms with Gasteiger partial charge in [0.1, 0.15) is 5.75 Å². The molecule has 0 heterocycles. The predicted molar refractivity (Wildman–Crippen MR) is 72.7 cm³/mol. The van der Waals surface area contributed by atoms with Gasteiger partial charge < -0.3 is 10.1 Å². The topological polar surface area (TPSA) is 38.3 Å². The molecule has 0 atom stereocenters. The Hall–Kier alpha value is -1.51. The average molecular weight is 247 g/mol. The third-order valence-corrected chi connectivity index (χ3v) is 4.65. The molecule has 1 aromatic carbocycles. The first kappa shape index (κ1) is 12.9. The van der Waals surface area contributed by atoms with Crippen molar-refractivity contribution in [2.75, 3.05) is 12.4 Å². The normalized spacial score (nSPS) is 20.3. The molecule has 2 rings (SSSR count). The van der Waals surface area contributed by atoms with Gasteiger partial charge in [0.05, 0.1) is 12.8 Å². The van der Waals surface area contributed by atoms with Crippen LogP contribution in [0.5, 0.6) is 5.75 Å². The first-order chi connectivity index (χ1) is 8.32. The summed E-state index contributed by atoms with van der Waals surface area (Å²) in [6.07, 6.45) is 0. The molecule has 1 aliphatic carbocycles. The Labute approximate surface area is 109 Å². The largest absolute Gasteiger partial charge is 0.495 e. The molecule has 1 aliphatic rings. The molecule has 18 heavy (non-hydrogen) atoms. The van der Waals surface area contributed by atoms with E-state index in [-0.39, 0.29) is 22.7 Å². The van der Waals surface area contributed by atoms with E-state index in [1.165, 1.54) is 0 Å². The maximum atomic E-state index is 12.3. The second-order valence-corrected chi connectivity index (χ2v) is 6.07. The fraction of sp³-hybridized carbons (Fsp3) is 0.533. The molecule has 0 aromatic heterocycles. The van der Waals surface area contributed by atoms with Gasteiger partial charge in [-0.2, -0.15) is 0 Å². The summed E-state index contributed by atoms with van der Waals surface area (Å²) in [5, 5.41) is 2.97. The maximum absolute atomic E-state index is 12.3. The summed E-state index contributed by atoms with van der Waals surface area (Å²) in [5.41, 5.74) is 0.849. The standard InChI is InChI=1S/C15H21NO2/c1-14(2)12(15(14,3)4)13(17)16-10-8-6-7-9-11(10)18-5/h6-9,12H,1-5H3,(H,16,17). The molecular formula is C15H21NO2. The van der Waals surface area contributed by atoms with Crippen molar-refractivity contribution in [1.82, 2.24) is 0 Å². The first-order valence-corrected chi connectivity index (χ1v) is 6.26. The monoisotopic (exact) mass is 247 g/mol. The van der Waals surface area contributed by atoms with E-state index in [0.717, 1.165) is 5.69 Å². The van der Waals surface area contributed by atoms with Crippen LogP contribution in [0.25, 0.3) is 0 Å². The van der Waals surface area contributed by atoms with Crippen LogP contribution in [0.15, 0.2) is 24.3 Å². The van der Waals surface area contributed by atoms with Crippen molar-refractivity contribution in [2.45, 2.75) is 27.7 Å². The molecule has 3 heteroatoms. The molecule has 1 amide bonds. The summed E-state index contributed by atoms with van der Waals surface area (Å²) >= 11 is 0. The van der Waals surface area contributed by atoms with Crippen molar-refractivity contribution in [3.8, 4) is 5.75 Å². The Morgan fingerprint density at radius 3 is 2.22 bits per heavy atom. The van der Waals surface area contributed by atoms with Gasteiger partial charge in [-0.15, -0.1) is 0 Å². The number of carbonyl (C=O) groups excluding carboxylic acids is 1. The zero-order valence-electron chi connectivity index (χ0n) is 11.7. The second kappa shape index (κ2) is 4.01. The van der Waals surface area contributed by atoms with Crippen LogP contribution in [0, 0.1) is 16.7 Å². The van der Waals surface area contributed by atoms with Crippen molar-refractivity contribution in [3.05, 3.63) is 24.3 Å². The number of para-hydroxylation sites is 2. The summed E-state index contributed by atoms with van der Waals surface area (Å²) in [6, 6.07) is 7.48. The van der Waals surface area contributed by atoms with Crippen LogP contribution in [-0.2, 0) is 4.79 Å². The van der Waals surface area contributed by atoms with Crippen LogP contribution in [-0.4, -0.2) is 13.0 Å². The van der Waals surface area contributed by atoms with Gasteiger partial charge in [0, 0.05) is 5.92 Å². The van der Waals surface area contributed by atoms with Crippen LogP contribution in [0.3, 0.4) is 0 Å². The minimum absolute atomic E-state index is 0.0508. The van der Waals surface area contributed by atoms with Gasteiger partial charge in [0.15, 0.2) is 0 Å². The molecule has 3 nitrogen and oxygen atoms in total. The third-order valence-electron chi connectivity index (χ3n) is 4.65. The van der Waals surface area contributed by atoms with E-state index in [2.05, 4.69) is 33.0 Å². The van der Waals surface area contributed by atoms with Crippen molar-refractivity contribution in [3.63, 3.8) is 0 Å². The van der Waals surface area contributed by atoms with Gasteiger partial charge in [0.2, 0.25) is 5.91 Å². The van der Waals surface area contributed by atoms with Gasteiger partial charge >= 0.3 is 0 Å². The lowest BCUT2D eigenvalue weighted by Gasteiger charge is -2.10. The Morgan fingerprint density at radius 1 is 1.17 bits per heavy atom. The molecule has 0 saturated heterocycles. The van der Waals surface area contributed by atoms with Crippen molar-refractivity contribution < 1.29 is 9.53 Å². The first-order valence-electron chi connectivity index (χ1n) is 6.26. The lowest BCUT2D eigenvalue weighted by molar-refractivity contribution is -0.118. The molecular weight excluding hydrogens is 226 g/mol. The number of anilines is 1. The number of ether oxygens (including phenoxy) is 1. The molecule has 0 aliphatic heterocycles. The van der Waals surface area contributed by atoms with Crippen LogP contribution in [0.2, 0.25) is 0 Å². The fourth-order valence-electron chi connectivity index (χ4n) is 2.80. The van der Waals surface area contributed by atoms with Gasteiger partial charge in [-0.1, -0.05) is 39.8 Å². The fourth-order valence-corrected chi connectivity index (χ4v) is 2.80. The Kier molecular flexibility index (Phi) is 2.88. The van der Waals surface area contributed by atoms with E-state index in [9.17, 15) is 4.79 Å². The highest BCUT2D eigenvalue weighted by Crippen LogP contribution is 2.68. The highest BCUT2D eigenvalue weighted by molar-refractivity contribution is 5.97. The zero-order valence-corrected chi connectivity index (χ0v) is 11.7. The Bertz CT molecular complexity index is 463. The van der Waals surface area contributed by atoms with Gasteiger partial charge in [-0.3, -0.25) is 4.79 Å². The number of carbonyl (C=O) groups is 1. The number of hydrogen-bond donors (Lipinski definition) is 1. The molecule has 0 bridgehead atoms. The molecule has 0 unspecified atom stereocenters. The number of benzene rings is 1. The van der Waals surface area contributed by atoms with E-state index in [4.69, 9.17) is 4.74 Å².